The number of halogens is 5. The van der Waals surface area contributed by atoms with Crippen molar-refractivity contribution in [2.75, 3.05) is 0 Å². The largest absolute Gasteiger partial charge is 0.417 e. The van der Waals surface area contributed by atoms with Crippen LogP contribution in [0.4, 0.5) is 27.6 Å². The number of nitrogens with zero attached hydrogens (tertiary/aromatic N) is 8. The Morgan fingerprint density at radius 2 is 1.24 bits per heavy atom. The molecule has 0 saturated carbocycles. The number of hydrogen-bond donors (Lipinski definition) is 0. The highest BCUT2D eigenvalue weighted by Gasteiger charge is 2.44. The zero-order valence-corrected chi connectivity index (χ0v) is 24.4. The molecule has 13 heteroatoms. The standard InChI is InChI=1S/C36H9F5N8/c1-16-6-7-18(11-22(16)46-2)26-29(24(15-45)48-4)31-32(35(26)49-5)33(37)27-20(13-43)25(28(23(14-44)47-3)30(27)34(31)38)17-8-9-21(36(39,40)41)19(10-17)12-42/h6-11H,1H3/b28-23-,29-24+. The number of rotatable bonds is 2. The number of aryl methyl sites for hydroxylation is 1. The summed E-state index contributed by atoms with van der Waals surface area (Å²) in [5.74, 6) is -2.85. The molecule has 8 nitrogen and oxygen atoms in total. The summed E-state index contributed by atoms with van der Waals surface area (Å²) in [6.07, 6.45) is -4.97. The molecule has 2 aliphatic carbocycles. The van der Waals surface area contributed by atoms with Gasteiger partial charge in [-0.1, -0.05) is 18.2 Å². The van der Waals surface area contributed by atoms with Gasteiger partial charge in [-0.2, -0.15) is 23.7 Å². The van der Waals surface area contributed by atoms with Crippen LogP contribution in [0, 0.1) is 90.2 Å². The molecule has 5 rings (SSSR count). The summed E-state index contributed by atoms with van der Waals surface area (Å²) in [6.45, 7) is 32.3. The first kappa shape index (κ1) is 32.6. The van der Waals surface area contributed by atoms with Crippen LogP contribution in [-0.2, 0) is 6.18 Å². The molecular formula is C36H9F5N8. The minimum absolute atomic E-state index is 0.0596. The third-order valence-electron chi connectivity index (χ3n) is 7.84. The molecule has 0 heterocycles. The van der Waals surface area contributed by atoms with Gasteiger partial charge in [0.15, 0.2) is 5.69 Å². The lowest BCUT2D eigenvalue weighted by atomic mass is 9.89. The van der Waals surface area contributed by atoms with Gasteiger partial charge in [-0.15, -0.1) is 0 Å². The number of allylic oxidation sites excluding steroid dienone is 7. The Morgan fingerprint density at radius 1 is 0.694 bits per heavy atom. The van der Waals surface area contributed by atoms with Crippen molar-refractivity contribution in [1.29, 1.82) is 21.0 Å². The predicted octanol–water partition coefficient (Wildman–Crippen LogP) is 9.27. The predicted molar refractivity (Wildman–Crippen MR) is 164 cm³/mol. The van der Waals surface area contributed by atoms with Gasteiger partial charge in [0.2, 0.25) is 5.70 Å². The fourth-order valence-corrected chi connectivity index (χ4v) is 5.82. The van der Waals surface area contributed by atoms with Crippen molar-refractivity contribution in [3.63, 3.8) is 0 Å². The maximum Gasteiger partial charge on any atom is 0.417 e. The molecule has 228 valence electrons. The van der Waals surface area contributed by atoms with E-state index in [1.54, 1.807) is 19.1 Å². The van der Waals surface area contributed by atoms with E-state index in [2.05, 4.69) is 19.4 Å². The van der Waals surface area contributed by atoms with Crippen molar-refractivity contribution in [3.8, 4) is 24.3 Å². The van der Waals surface area contributed by atoms with E-state index >= 15 is 8.78 Å². The van der Waals surface area contributed by atoms with Crippen LogP contribution >= 0.6 is 0 Å². The maximum atomic E-state index is 17.2. The second-order valence-corrected chi connectivity index (χ2v) is 10.2. The van der Waals surface area contributed by atoms with Gasteiger partial charge >= 0.3 is 6.18 Å². The van der Waals surface area contributed by atoms with E-state index in [0.717, 1.165) is 6.07 Å². The Bertz CT molecular complexity index is 2560. The van der Waals surface area contributed by atoms with Crippen LogP contribution in [0.2, 0.25) is 0 Å². The van der Waals surface area contributed by atoms with E-state index < -0.39 is 90.6 Å². The number of nitriles is 4. The quantitative estimate of drug-likeness (QED) is 0.157. The van der Waals surface area contributed by atoms with Crippen molar-refractivity contribution in [2.24, 2.45) is 0 Å². The highest BCUT2D eigenvalue weighted by molar-refractivity contribution is 6.29. The molecule has 2 aliphatic rings. The highest BCUT2D eigenvalue weighted by atomic mass is 19.4. The van der Waals surface area contributed by atoms with Crippen LogP contribution in [0.15, 0.2) is 47.8 Å². The second kappa shape index (κ2) is 11.8. The zero-order valence-electron chi connectivity index (χ0n) is 24.4. The number of alkyl halides is 3. The van der Waals surface area contributed by atoms with Crippen molar-refractivity contribution < 1.29 is 22.0 Å². The van der Waals surface area contributed by atoms with Crippen LogP contribution in [0.25, 0.3) is 52.9 Å². The molecule has 0 bridgehead atoms. The maximum absolute atomic E-state index is 17.2. The molecule has 0 fully saturated rings. The molecule has 0 spiro atoms. The van der Waals surface area contributed by atoms with Crippen molar-refractivity contribution >= 4 is 39.2 Å². The minimum Gasteiger partial charge on any atom is -0.238 e. The summed E-state index contributed by atoms with van der Waals surface area (Å²) in [5.41, 5.74) is -10.1. The number of benzene rings is 3. The molecule has 0 amide bonds. The molecule has 0 aromatic heterocycles. The van der Waals surface area contributed by atoms with Gasteiger partial charge in [-0.3, -0.25) is 0 Å². The fourth-order valence-electron chi connectivity index (χ4n) is 5.82. The normalized spacial score (nSPS) is 14.9. The van der Waals surface area contributed by atoms with Gasteiger partial charge in [0.25, 0.3) is 11.4 Å². The van der Waals surface area contributed by atoms with Gasteiger partial charge in [0.05, 0.1) is 61.2 Å². The molecule has 0 saturated heterocycles. The molecular weight excluding hydrogens is 639 g/mol. The molecule has 0 unspecified atom stereocenters. The molecule has 3 aromatic carbocycles. The summed E-state index contributed by atoms with van der Waals surface area (Å²) < 4.78 is 75.1. The van der Waals surface area contributed by atoms with Crippen molar-refractivity contribution in [1.82, 2.24) is 0 Å². The van der Waals surface area contributed by atoms with E-state index in [1.165, 1.54) is 30.3 Å². The molecule has 3 aromatic rings. The van der Waals surface area contributed by atoms with Gasteiger partial charge in [-0.25, -0.2) is 38.7 Å². The Kier molecular flexibility index (Phi) is 7.88. The average Bonchev–Trinajstić information content (AvgIpc) is 3.62. The van der Waals surface area contributed by atoms with Crippen LogP contribution in [0.1, 0.15) is 50.1 Å². The van der Waals surface area contributed by atoms with Gasteiger partial charge in [-0.05, 0) is 58.5 Å². The third-order valence-corrected chi connectivity index (χ3v) is 7.84. The molecule has 49 heavy (non-hydrogen) atoms. The Hall–Kier alpha value is -7.81. The van der Waals surface area contributed by atoms with E-state index in [0.29, 0.717) is 17.7 Å². The first-order chi connectivity index (χ1) is 23.4. The van der Waals surface area contributed by atoms with E-state index in [1.807, 2.05) is 0 Å². The summed E-state index contributed by atoms with van der Waals surface area (Å²) in [5, 5.41) is 39.6. The number of fused-ring (bicyclic) bond motifs is 2. The summed E-state index contributed by atoms with van der Waals surface area (Å²) >= 11 is 0. The van der Waals surface area contributed by atoms with Crippen LogP contribution in [0.5, 0.6) is 0 Å². The Morgan fingerprint density at radius 3 is 1.76 bits per heavy atom. The zero-order chi connectivity index (χ0) is 35.9. The smallest absolute Gasteiger partial charge is 0.238 e. The summed E-state index contributed by atoms with van der Waals surface area (Å²) in [4.78, 5) is 13.1. The lowest BCUT2D eigenvalue weighted by Crippen LogP contribution is -2.08. The monoisotopic (exact) mass is 648 g/mol. The first-order valence-electron chi connectivity index (χ1n) is 13.4. The highest BCUT2D eigenvalue weighted by Crippen LogP contribution is 2.58. The van der Waals surface area contributed by atoms with E-state index in [9.17, 15) is 34.2 Å². The Labute approximate surface area is 274 Å². The first-order valence-corrected chi connectivity index (χ1v) is 13.4. The van der Waals surface area contributed by atoms with E-state index in [4.69, 9.17) is 26.3 Å². The topological polar surface area (TPSA) is 113 Å². The lowest BCUT2D eigenvalue weighted by Gasteiger charge is -2.16. The van der Waals surface area contributed by atoms with Crippen LogP contribution in [0.3, 0.4) is 0 Å². The molecule has 0 radical (unpaired) electrons. The van der Waals surface area contributed by atoms with Crippen molar-refractivity contribution in [3.05, 3.63) is 155 Å². The second-order valence-electron chi connectivity index (χ2n) is 10.2. The Balaban J connectivity index is 2.02. The SMILES string of the molecule is [C-]#[N+]C1=C(c2ccc(C)c([N+]#[C-])c2)/C(=C(/C#N)[N+]#[C-])c2c(F)c3c(c(F)c21)C(C#N)=C(c1ccc(C(F)(F)F)c(C#N)c1)/C3=C(\C#N)[N+]#[C-]. The molecule has 0 aliphatic heterocycles. The minimum atomic E-state index is -4.97. The lowest BCUT2D eigenvalue weighted by molar-refractivity contribution is -0.137. The van der Waals surface area contributed by atoms with E-state index in [-0.39, 0.29) is 22.4 Å². The van der Waals surface area contributed by atoms with Crippen LogP contribution < -0.4 is 0 Å². The average molecular weight is 649 g/mol. The van der Waals surface area contributed by atoms with Gasteiger partial charge in [0.1, 0.15) is 17.7 Å². The molecule has 0 atom stereocenters. The third kappa shape index (κ3) is 4.66. The number of hydrogen-bond acceptors (Lipinski definition) is 4. The van der Waals surface area contributed by atoms with Crippen molar-refractivity contribution in [2.45, 2.75) is 13.1 Å². The summed E-state index contributed by atoms with van der Waals surface area (Å²) in [6, 6.07) is 12.5. The fraction of sp³-hybridized carbons (Fsp3) is 0.0556. The van der Waals surface area contributed by atoms with Gasteiger partial charge in [0, 0.05) is 27.8 Å². The molecule has 0 N–H and O–H groups in total. The van der Waals surface area contributed by atoms with Gasteiger partial charge < -0.3 is 0 Å². The van der Waals surface area contributed by atoms with Crippen LogP contribution in [-0.4, -0.2) is 0 Å². The summed E-state index contributed by atoms with van der Waals surface area (Å²) in [7, 11) is 0.